The van der Waals surface area contributed by atoms with Gasteiger partial charge in [0.1, 0.15) is 5.60 Å². The van der Waals surface area contributed by atoms with Crippen LogP contribution in [0.2, 0.25) is 0 Å². The first-order chi connectivity index (χ1) is 8.03. The van der Waals surface area contributed by atoms with E-state index in [9.17, 15) is 5.11 Å². The lowest BCUT2D eigenvalue weighted by atomic mass is 9.94. The van der Waals surface area contributed by atoms with Crippen molar-refractivity contribution in [3.05, 3.63) is 23.3 Å². The van der Waals surface area contributed by atoms with Gasteiger partial charge < -0.3 is 9.84 Å². The molecule has 0 amide bonds. The van der Waals surface area contributed by atoms with Crippen LogP contribution in [0.5, 0.6) is 0 Å². The highest BCUT2D eigenvalue weighted by molar-refractivity contribution is 5.20. The summed E-state index contributed by atoms with van der Waals surface area (Å²) >= 11 is 0. The van der Waals surface area contributed by atoms with E-state index in [0.717, 1.165) is 43.0 Å². The van der Waals surface area contributed by atoms with Gasteiger partial charge in [-0.1, -0.05) is 0 Å². The van der Waals surface area contributed by atoms with Crippen LogP contribution in [0.1, 0.15) is 56.3 Å². The van der Waals surface area contributed by atoms with Gasteiger partial charge >= 0.3 is 0 Å². The first kappa shape index (κ1) is 12.5. The second kappa shape index (κ2) is 4.70. The van der Waals surface area contributed by atoms with E-state index in [1.165, 1.54) is 0 Å². The van der Waals surface area contributed by atoms with Gasteiger partial charge in [0.2, 0.25) is 0 Å². The number of aliphatic hydroxyl groups is 1. The van der Waals surface area contributed by atoms with E-state index in [2.05, 4.69) is 9.97 Å². The molecule has 0 aliphatic carbocycles. The van der Waals surface area contributed by atoms with Crippen molar-refractivity contribution in [3.63, 3.8) is 0 Å². The molecule has 0 radical (unpaired) electrons. The van der Waals surface area contributed by atoms with Crippen molar-refractivity contribution in [1.29, 1.82) is 0 Å². The van der Waals surface area contributed by atoms with Crippen molar-refractivity contribution >= 4 is 0 Å². The predicted molar refractivity (Wildman–Crippen MR) is 64.6 cm³/mol. The Morgan fingerprint density at radius 1 is 1.47 bits per heavy atom. The third-order valence-electron chi connectivity index (χ3n) is 3.41. The van der Waals surface area contributed by atoms with Crippen molar-refractivity contribution in [1.82, 2.24) is 9.97 Å². The first-order valence-corrected chi connectivity index (χ1v) is 6.19. The van der Waals surface area contributed by atoms with Gasteiger partial charge in [0.05, 0.1) is 6.10 Å². The van der Waals surface area contributed by atoms with Crippen LogP contribution in [0.3, 0.4) is 0 Å². The number of nitrogens with zero attached hydrogens (tertiary/aromatic N) is 2. The lowest BCUT2D eigenvalue weighted by Gasteiger charge is -2.32. The Morgan fingerprint density at radius 2 is 2.24 bits per heavy atom. The van der Waals surface area contributed by atoms with Crippen LogP contribution in [-0.4, -0.2) is 21.7 Å². The standard InChI is InChI=1S/C13H20N2O2/c1-9-11(10(2)16)8-14-12(15-9)13(3)6-4-5-7-17-13/h8,10,16H,4-7H2,1-3H3/t10-,13?/m0/s1. The molecule has 1 unspecified atom stereocenters. The summed E-state index contributed by atoms with van der Waals surface area (Å²) in [5, 5.41) is 9.56. The molecule has 0 spiro atoms. The molecule has 1 saturated heterocycles. The Bertz CT molecular complexity index is 398. The van der Waals surface area contributed by atoms with Gasteiger partial charge in [0.15, 0.2) is 5.82 Å². The zero-order chi connectivity index (χ0) is 12.5. The molecule has 4 heteroatoms. The minimum atomic E-state index is -0.524. The van der Waals surface area contributed by atoms with E-state index < -0.39 is 6.10 Å². The lowest BCUT2D eigenvalue weighted by Crippen LogP contribution is -2.32. The fourth-order valence-electron chi connectivity index (χ4n) is 2.25. The number of aliphatic hydroxyl groups excluding tert-OH is 1. The molecule has 1 fully saturated rings. The van der Waals surface area contributed by atoms with Crippen LogP contribution in [-0.2, 0) is 10.3 Å². The van der Waals surface area contributed by atoms with Crippen molar-refractivity contribution in [2.45, 2.75) is 51.7 Å². The number of hydrogen-bond acceptors (Lipinski definition) is 4. The van der Waals surface area contributed by atoms with E-state index in [-0.39, 0.29) is 5.60 Å². The molecule has 2 rings (SSSR count). The van der Waals surface area contributed by atoms with Gasteiger partial charge in [-0.3, -0.25) is 0 Å². The summed E-state index contributed by atoms with van der Waals surface area (Å²) in [5.74, 6) is 0.735. The molecule has 1 N–H and O–H groups in total. The fraction of sp³-hybridized carbons (Fsp3) is 0.692. The third kappa shape index (κ3) is 2.48. The second-order valence-corrected chi connectivity index (χ2v) is 4.95. The van der Waals surface area contributed by atoms with Gasteiger partial charge in [0, 0.05) is 24.1 Å². The van der Waals surface area contributed by atoms with E-state index in [1.54, 1.807) is 13.1 Å². The van der Waals surface area contributed by atoms with Crippen LogP contribution in [0, 0.1) is 6.92 Å². The topological polar surface area (TPSA) is 55.2 Å². The lowest BCUT2D eigenvalue weighted by molar-refractivity contribution is -0.0762. The second-order valence-electron chi connectivity index (χ2n) is 4.95. The normalized spacial score (nSPS) is 26.8. The average molecular weight is 236 g/mol. The van der Waals surface area contributed by atoms with Crippen LogP contribution in [0.15, 0.2) is 6.20 Å². The molecular weight excluding hydrogens is 216 g/mol. The highest BCUT2D eigenvalue weighted by Crippen LogP contribution is 2.32. The molecule has 94 valence electrons. The number of rotatable bonds is 2. The molecule has 2 heterocycles. The molecule has 0 bridgehead atoms. The first-order valence-electron chi connectivity index (χ1n) is 6.19. The van der Waals surface area contributed by atoms with Crippen molar-refractivity contribution in [2.24, 2.45) is 0 Å². The summed E-state index contributed by atoms with van der Waals surface area (Å²) in [6.07, 6.45) is 4.41. The number of hydrogen-bond donors (Lipinski definition) is 1. The summed E-state index contributed by atoms with van der Waals surface area (Å²) < 4.78 is 5.82. The number of aromatic nitrogens is 2. The summed E-state index contributed by atoms with van der Waals surface area (Å²) in [6.45, 7) is 6.45. The minimum absolute atomic E-state index is 0.361. The number of ether oxygens (including phenoxy) is 1. The zero-order valence-corrected chi connectivity index (χ0v) is 10.7. The van der Waals surface area contributed by atoms with Crippen molar-refractivity contribution < 1.29 is 9.84 Å². The molecule has 4 nitrogen and oxygen atoms in total. The minimum Gasteiger partial charge on any atom is -0.389 e. The van der Waals surface area contributed by atoms with E-state index in [1.807, 2.05) is 13.8 Å². The molecule has 1 aromatic heterocycles. The maximum atomic E-state index is 9.56. The maximum Gasteiger partial charge on any atom is 0.160 e. The zero-order valence-electron chi connectivity index (χ0n) is 10.7. The van der Waals surface area contributed by atoms with Crippen LogP contribution in [0.25, 0.3) is 0 Å². The molecule has 0 aromatic carbocycles. The predicted octanol–water partition coefficient (Wildman–Crippen LogP) is 2.25. The molecule has 1 aromatic rings. The molecule has 1 aliphatic heterocycles. The van der Waals surface area contributed by atoms with Gasteiger partial charge in [-0.25, -0.2) is 9.97 Å². The molecule has 17 heavy (non-hydrogen) atoms. The Balaban J connectivity index is 2.30. The fourth-order valence-corrected chi connectivity index (χ4v) is 2.25. The van der Waals surface area contributed by atoms with Crippen LogP contribution < -0.4 is 0 Å². The van der Waals surface area contributed by atoms with Crippen molar-refractivity contribution in [3.8, 4) is 0 Å². The van der Waals surface area contributed by atoms with Crippen LogP contribution in [0.4, 0.5) is 0 Å². The maximum absolute atomic E-state index is 9.56. The summed E-state index contributed by atoms with van der Waals surface area (Å²) in [5.41, 5.74) is 1.26. The molecule has 0 saturated carbocycles. The Labute approximate surface area is 102 Å². The number of aryl methyl sites for hydroxylation is 1. The van der Waals surface area contributed by atoms with E-state index in [4.69, 9.17) is 4.74 Å². The van der Waals surface area contributed by atoms with Gasteiger partial charge in [-0.15, -0.1) is 0 Å². The largest absolute Gasteiger partial charge is 0.389 e. The quantitative estimate of drug-likeness (QED) is 0.855. The van der Waals surface area contributed by atoms with Crippen LogP contribution >= 0.6 is 0 Å². The monoisotopic (exact) mass is 236 g/mol. The summed E-state index contributed by atoms with van der Waals surface area (Å²) in [7, 11) is 0. The highest BCUT2D eigenvalue weighted by Gasteiger charge is 2.33. The SMILES string of the molecule is Cc1nc(C2(C)CCCCO2)ncc1[C@H](C)O. The van der Waals surface area contributed by atoms with Gasteiger partial charge in [-0.05, 0) is 40.0 Å². The summed E-state index contributed by atoms with van der Waals surface area (Å²) in [6, 6.07) is 0. The Kier molecular flexibility index (Phi) is 3.45. The van der Waals surface area contributed by atoms with E-state index >= 15 is 0 Å². The Hall–Kier alpha value is -1.00. The van der Waals surface area contributed by atoms with Gasteiger partial charge in [-0.2, -0.15) is 0 Å². The summed E-state index contributed by atoms with van der Waals surface area (Å²) in [4.78, 5) is 8.85. The smallest absolute Gasteiger partial charge is 0.160 e. The average Bonchev–Trinajstić information content (AvgIpc) is 2.29. The van der Waals surface area contributed by atoms with Gasteiger partial charge in [0.25, 0.3) is 0 Å². The highest BCUT2D eigenvalue weighted by atomic mass is 16.5. The molecule has 1 aliphatic rings. The van der Waals surface area contributed by atoms with E-state index in [0.29, 0.717) is 0 Å². The third-order valence-corrected chi connectivity index (χ3v) is 3.41. The molecule has 2 atom stereocenters. The Morgan fingerprint density at radius 3 is 2.76 bits per heavy atom. The van der Waals surface area contributed by atoms with Crippen molar-refractivity contribution in [2.75, 3.05) is 6.61 Å². The molecular formula is C13H20N2O2.